The third-order valence-corrected chi connectivity index (χ3v) is 11.2. The Balaban J connectivity index is 1.23. The maximum absolute atomic E-state index is 13.0. The number of rotatable bonds is 9. The molecule has 4 heterocycles. The molecule has 6 rings (SSSR count). The Hall–Kier alpha value is -3.37. The van der Waals surface area contributed by atoms with Crippen LogP contribution in [0.5, 0.6) is 5.75 Å². The van der Waals surface area contributed by atoms with Crippen LogP contribution in [0.1, 0.15) is 36.5 Å². The van der Waals surface area contributed by atoms with E-state index in [0.29, 0.717) is 34.8 Å². The van der Waals surface area contributed by atoms with Crippen LogP contribution in [-0.2, 0) is 0 Å². The van der Waals surface area contributed by atoms with E-state index < -0.39 is 7.92 Å². The molecule has 2 aromatic heterocycles. The van der Waals surface area contributed by atoms with Gasteiger partial charge in [0.15, 0.2) is 5.78 Å². The van der Waals surface area contributed by atoms with E-state index >= 15 is 0 Å². The van der Waals surface area contributed by atoms with Gasteiger partial charge in [-0.2, -0.15) is 4.98 Å². The molecule has 12 heteroatoms. The lowest BCUT2D eigenvalue weighted by molar-refractivity contribution is 0.101. The quantitative estimate of drug-likeness (QED) is 0.148. The van der Waals surface area contributed by atoms with Gasteiger partial charge in [0.1, 0.15) is 11.6 Å². The van der Waals surface area contributed by atoms with Gasteiger partial charge >= 0.3 is 0 Å². The molecule has 0 amide bonds. The monoisotopic (exact) mass is 718 g/mol. The second-order valence-corrected chi connectivity index (χ2v) is 15.7. The zero-order valence-corrected chi connectivity index (χ0v) is 30.4. The minimum absolute atomic E-state index is 0.00873. The highest BCUT2D eigenvalue weighted by Crippen LogP contribution is 2.38. The van der Waals surface area contributed by atoms with Crippen molar-refractivity contribution in [1.29, 1.82) is 0 Å². The lowest BCUT2D eigenvalue weighted by atomic mass is 9.99. The molecule has 2 N–H and O–H groups in total. The molecule has 0 radical (unpaired) electrons. The fraction of sp³-hybridized carbons (Fsp3) is 0.429. The number of nitrogens with zero attached hydrogens (tertiary/aromatic N) is 6. The molecule has 10 nitrogen and oxygen atoms in total. The van der Waals surface area contributed by atoms with Crippen LogP contribution in [0.25, 0.3) is 10.9 Å². The number of hydrogen-bond donors (Lipinski definition) is 2. The molecule has 0 spiro atoms. The Labute approximate surface area is 287 Å². The fourth-order valence-electron chi connectivity index (χ4n) is 6.75. The second kappa shape index (κ2) is 14.8. The van der Waals surface area contributed by atoms with Gasteiger partial charge in [-0.05, 0) is 87.7 Å². The predicted molar refractivity (Wildman–Crippen MR) is 198 cm³/mol. The summed E-state index contributed by atoms with van der Waals surface area (Å²) in [4.78, 5) is 34.5. The van der Waals surface area contributed by atoms with E-state index in [2.05, 4.69) is 77.7 Å². The number of pyridine rings is 1. The van der Waals surface area contributed by atoms with E-state index in [0.717, 1.165) is 72.3 Å². The standard InChI is InChI=1S/C35H44BrN8O2P/c1-23(45)26-19-29(32(46-3)20-31(26)44-15-11-24(12-16-44)43-14-8-13-42(2)17-18-43)40-35-38-21-27(36)34(41-35)39-30-22-37-28-10-7-6-9-25(28)33(30)47(4)5/h6-7,9-10,19-22,24H,8,11-18H2,1-5H3,(H2,38,39,40,41). The first kappa shape index (κ1) is 33.5. The number of anilines is 5. The lowest BCUT2D eigenvalue weighted by Crippen LogP contribution is -2.46. The van der Waals surface area contributed by atoms with Crippen LogP contribution in [0.2, 0.25) is 0 Å². The zero-order chi connectivity index (χ0) is 33.1. The van der Waals surface area contributed by atoms with Gasteiger partial charge in [0.05, 0.1) is 40.4 Å². The molecule has 2 aliphatic rings. The minimum Gasteiger partial charge on any atom is -0.494 e. The topological polar surface area (TPSA) is 98.8 Å². The van der Waals surface area contributed by atoms with Crippen molar-refractivity contribution in [2.24, 2.45) is 0 Å². The van der Waals surface area contributed by atoms with E-state index in [1.165, 1.54) is 18.3 Å². The average Bonchev–Trinajstić information content (AvgIpc) is 3.30. The summed E-state index contributed by atoms with van der Waals surface area (Å²) in [5.41, 5.74) is 4.10. The number of likely N-dealkylation sites (N-methyl/N-ethyl adjacent to an activating group) is 1. The van der Waals surface area contributed by atoms with Crippen LogP contribution >= 0.6 is 23.9 Å². The van der Waals surface area contributed by atoms with Crippen LogP contribution in [0.15, 0.2) is 53.3 Å². The van der Waals surface area contributed by atoms with Crippen LogP contribution < -0.4 is 25.6 Å². The van der Waals surface area contributed by atoms with Crippen molar-refractivity contribution in [3.63, 3.8) is 0 Å². The number of Topliss-reactive ketones (excluding diaryl/α,β-unsaturated/α-hetero) is 1. The molecule has 0 saturated carbocycles. The maximum atomic E-state index is 13.0. The Morgan fingerprint density at radius 3 is 2.51 bits per heavy atom. The van der Waals surface area contributed by atoms with E-state index in [1.807, 2.05) is 36.5 Å². The maximum Gasteiger partial charge on any atom is 0.229 e. The van der Waals surface area contributed by atoms with E-state index in [9.17, 15) is 4.79 Å². The highest BCUT2D eigenvalue weighted by atomic mass is 79.9. The molecule has 0 aliphatic carbocycles. The summed E-state index contributed by atoms with van der Waals surface area (Å²) < 4.78 is 6.58. The molecule has 2 aliphatic heterocycles. The number of para-hydroxylation sites is 1. The van der Waals surface area contributed by atoms with Gasteiger partial charge in [0, 0.05) is 60.7 Å². The summed E-state index contributed by atoms with van der Waals surface area (Å²) in [6, 6.07) is 12.7. The number of methoxy groups -OCH3 is 1. The summed E-state index contributed by atoms with van der Waals surface area (Å²) in [7, 11) is 3.43. The molecule has 0 bridgehead atoms. The first-order valence-electron chi connectivity index (χ1n) is 16.2. The van der Waals surface area contributed by atoms with Crippen LogP contribution in [0.4, 0.5) is 28.8 Å². The fourth-order valence-corrected chi connectivity index (χ4v) is 8.30. The van der Waals surface area contributed by atoms with Crippen LogP contribution in [-0.4, -0.2) is 103 Å². The van der Waals surface area contributed by atoms with E-state index in [-0.39, 0.29) is 5.78 Å². The van der Waals surface area contributed by atoms with Crippen molar-refractivity contribution in [2.45, 2.75) is 32.2 Å². The van der Waals surface area contributed by atoms with E-state index in [4.69, 9.17) is 9.72 Å². The first-order valence-corrected chi connectivity index (χ1v) is 19.3. The molecular weight excluding hydrogens is 675 g/mol. The summed E-state index contributed by atoms with van der Waals surface area (Å²) >= 11 is 3.62. The van der Waals surface area contributed by atoms with Crippen molar-refractivity contribution >= 4 is 74.7 Å². The second-order valence-electron chi connectivity index (χ2n) is 12.6. The number of aromatic nitrogens is 3. The smallest absolute Gasteiger partial charge is 0.229 e. The van der Waals surface area contributed by atoms with Gasteiger partial charge < -0.3 is 25.2 Å². The number of piperidine rings is 1. The molecule has 0 unspecified atom stereocenters. The number of benzene rings is 2. The third-order valence-electron chi connectivity index (χ3n) is 9.21. The number of ether oxygens (including phenoxy) is 1. The normalized spacial score (nSPS) is 16.8. The van der Waals surface area contributed by atoms with Crippen molar-refractivity contribution in [3.05, 3.63) is 58.8 Å². The lowest BCUT2D eigenvalue weighted by Gasteiger charge is -2.39. The number of fused-ring (bicyclic) bond motifs is 1. The third kappa shape index (κ3) is 7.54. The van der Waals surface area contributed by atoms with Crippen LogP contribution in [0.3, 0.4) is 0 Å². The molecular formula is C35H44BrN8O2P. The molecule has 0 atom stereocenters. The zero-order valence-electron chi connectivity index (χ0n) is 27.9. The number of carbonyl (C=O) groups excluding carboxylic acids is 1. The Morgan fingerprint density at radius 2 is 1.77 bits per heavy atom. The van der Waals surface area contributed by atoms with Gasteiger partial charge in [0.25, 0.3) is 0 Å². The minimum atomic E-state index is -0.437. The largest absolute Gasteiger partial charge is 0.494 e. The van der Waals surface area contributed by atoms with Crippen molar-refractivity contribution in [1.82, 2.24) is 24.8 Å². The summed E-state index contributed by atoms with van der Waals surface area (Å²) in [5, 5.41) is 9.20. The SMILES string of the molecule is COc1cc(N2CCC(N3CCCN(C)CC3)CC2)c(C(C)=O)cc1Nc1ncc(Br)c(Nc2cnc3ccccc3c2P(C)C)n1. The van der Waals surface area contributed by atoms with E-state index in [1.54, 1.807) is 20.2 Å². The summed E-state index contributed by atoms with van der Waals surface area (Å²) in [5.74, 6) is 1.63. The Kier molecular flexibility index (Phi) is 10.6. The van der Waals surface area contributed by atoms with Gasteiger partial charge in [-0.25, -0.2) is 4.98 Å². The number of hydrogen-bond acceptors (Lipinski definition) is 10. The van der Waals surface area contributed by atoms with Gasteiger partial charge in [-0.1, -0.05) is 26.1 Å². The number of ketones is 1. The number of halogens is 1. The number of nitrogens with one attached hydrogen (secondary N) is 2. The molecule has 47 heavy (non-hydrogen) atoms. The average molecular weight is 720 g/mol. The van der Waals surface area contributed by atoms with Gasteiger partial charge in [0.2, 0.25) is 5.95 Å². The molecule has 4 aromatic rings. The molecule has 2 aromatic carbocycles. The molecule has 2 saturated heterocycles. The first-order chi connectivity index (χ1) is 22.7. The highest BCUT2D eigenvalue weighted by molar-refractivity contribution is 9.10. The highest BCUT2D eigenvalue weighted by Gasteiger charge is 2.28. The van der Waals surface area contributed by atoms with Crippen LogP contribution in [0, 0.1) is 0 Å². The van der Waals surface area contributed by atoms with Crippen molar-refractivity contribution in [3.8, 4) is 5.75 Å². The Bertz CT molecular complexity index is 1750. The summed E-state index contributed by atoms with van der Waals surface area (Å²) in [6.07, 6.45) is 6.97. The van der Waals surface area contributed by atoms with Crippen molar-refractivity contribution in [2.75, 3.05) is 82.3 Å². The molecule has 2 fully saturated rings. The van der Waals surface area contributed by atoms with Gasteiger partial charge in [-0.15, -0.1) is 0 Å². The number of carbonyl (C=O) groups is 1. The van der Waals surface area contributed by atoms with Crippen molar-refractivity contribution < 1.29 is 9.53 Å². The van der Waals surface area contributed by atoms with Gasteiger partial charge in [-0.3, -0.25) is 14.7 Å². The molecule has 248 valence electrons. The predicted octanol–water partition coefficient (Wildman–Crippen LogP) is 6.46. The Morgan fingerprint density at radius 1 is 0.979 bits per heavy atom. The summed E-state index contributed by atoms with van der Waals surface area (Å²) in [6.45, 7) is 12.5.